The third kappa shape index (κ3) is 1.84. The van der Waals surface area contributed by atoms with Gasteiger partial charge in [0.15, 0.2) is 6.10 Å². The van der Waals surface area contributed by atoms with E-state index in [4.69, 9.17) is 14.4 Å². The highest BCUT2D eigenvalue weighted by Gasteiger charge is 2.18. The van der Waals surface area contributed by atoms with Crippen LogP contribution in [0.1, 0.15) is 31.1 Å². The van der Waals surface area contributed by atoms with Crippen LogP contribution < -0.4 is 4.74 Å². The van der Waals surface area contributed by atoms with Gasteiger partial charge in [0.2, 0.25) is 0 Å². The molecule has 0 spiro atoms. The second-order valence-corrected chi connectivity index (χ2v) is 4.76. The molecule has 0 saturated carbocycles. The quantitative estimate of drug-likeness (QED) is 0.807. The summed E-state index contributed by atoms with van der Waals surface area (Å²) in [6.45, 7) is 1.75. The molecule has 0 fully saturated rings. The Hall–Kier alpha value is -1.95. The number of nitriles is 1. The molecule has 2 aromatic rings. The van der Waals surface area contributed by atoms with Crippen LogP contribution in [-0.4, -0.2) is 6.10 Å². The van der Waals surface area contributed by atoms with Gasteiger partial charge in [0.1, 0.15) is 23.2 Å². The Morgan fingerprint density at radius 1 is 1.33 bits per heavy atom. The predicted octanol–water partition coefficient (Wildman–Crippen LogP) is 3.60. The number of benzene rings is 1. The summed E-state index contributed by atoms with van der Waals surface area (Å²) in [7, 11) is 0. The fourth-order valence-electron chi connectivity index (χ4n) is 2.55. The molecule has 0 bridgehead atoms. The van der Waals surface area contributed by atoms with Gasteiger partial charge in [0.25, 0.3) is 0 Å². The zero-order valence-electron chi connectivity index (χ0n) is 10.4. The summed E-state index contributed by atoms with van der Waals surface area (Å²) in [5.41, 5.74) is 2.25. The Kier molecular flexibility index (Phi) is 2.71. The van der Waals surface area contributed by atoms with Crippen LogP contribution in [0.2, 0.25) is 0 Å². The summed E-state index contributed by atoms with van der Waals surface area (Å²) in [5, 5.41) is 9.91. The van der Waals surface area contributed by atoms with E-state index >= 15 is 0 Å². The monoisotopic (exact) mass is 241 g/mol. The molecular weight excluding hydrogens is 226 g/mol. The van der Waals surface area contributed by atoms with E-state index in [1.165, 1.54) is 18.4 Å². The Morgan fingerprint density at radius 2 is 2.17 bits per heavy atom. The topological polar surface area (TPSA) is 46.2 Å². The first-order valence-electron chi connectivity index (χ1n) is 6.38. The van der Waals surface area contributed by atoms with Gasteiger partial charge in [-0.1, -0.05) is 0 Å². The molecule has 1 heterocycles. The highest BCUT2D eigenvalue weighted by Crippen LogP contribution is 2.34. The standard InChI is InChI=1S/C15H15NO2/c1-10(9-16)17-11-6-7-15-13(8-11)12-4-2-3-5-14(12)18-15/h6-8,10H,2-5H2,1H3. The summed E-state index contributed by atoms with van der Waals surface area (Å²) in [6, 6.07) is 7.87. The van der Waals surface area contributed by atoms with E-state index in [0.717, 1.165) is 35.3 Å². The van der Waals surface area contributed by atoms with E-state index in [1.54, 1.807) is 6.92 Å². The van der Waals surface area contributed by atoms with E-state index < -0.39 is 6.10 Å². The first kappa shape index (κ1) is 11.2. The maximum Gasteiger partial charge on any atom is 0.181 e. The van der Waals surface area contributed by atoms with E-state index in [9.17, 15) is 0 Å². The number of aryl methyl sites for hydroxylation is 2. The second-order valence-electron chi connectivity index (χ2n) is 4.76. The SMILES string of the molecule is CC(C#N)Oc1ccc2oc3c(c2c1)CCCC3. The lowest BCUT2D eigenvalue weighted by molar-refractivity contribution is 0.277. The highest BCUT2D eigenvalue weighted by atomic mass is 16.5. The van der Waals surface area contributed by atoms with Gasteiger partial charge in [0.05, 0.1) is 0 Å². The normalized spacial score (nSPS) is 16.0. The van der Waals surface area contributed by atoms with Crippen molar-refractivity contribution in [1.29, 1.82) is 5.26 Å². The van der Waals surface area contributed by atoms with Crippen LogP contribution in [0.5, 0.6) is 5.75 Å². The molecule has 3 rings (SSSR count). The van der Waals surface area contributed by atoms with Crippen molar-refractivity contribution in [2.24, 2.45) is 0 Å². The minimum Gasteiger partial charge on any atom is -0.476 e. The van der Waals surface area contributed by atoms with Gasteiger partial charge in [-0.05, 0) is 44.4 Å². The number of hydrogen-bond acceptors (Lipinski definition) is 3. The molecule has 3 nitrogen and oxygen atoms in total. The van der Waals surface area contributed by atoms with Crippen LogP contribution in [0.25, 0.3) is 11.0 Å². The molecule has 1 aliphatic rings. The Balaban J connectivity index is 2.03. The Bertz CT molecular complexity index is 621. The Morgan fingerprint density at radius 3 is 3.00 bits per heavy atom. The molecule has 1 aromatic heterocycles. The van der Waals surface area contributed by atoms with Gasteiger partial charge in [0, 0.05) is 17.4 Å². The van der Waals surface area contributed by atoms with Crippen molar-refractivity contribution in [2.75, 3.05) is 0 Å². The smallest absolute Gasteiger partial charge is 0.181 e. The molecular formula is C15H15NO2. The van der Waals surface area contributed by atoms with Gasteiger partial charge < -0.3 is 9.15 Å². The predicted molar refractivity (Wildman–Crippen MR) is 68.6 cm³/mol. The van der Waals surface area contributed by atoms with Crippen molar-refractivity contribution in [1.82, 2.24) is 0 Å². The largest absolute Gasteiger partial charge is 0.476 e. The number of rotatable bonds is 2. The zero-order valence-corrected chi connectivity index (χ0v) is 10.4. The van der Waals surface area contributed by atoms with Crippen LogP contribution in [0.4, 0.5) is 0 Å². The molecule has 0 saturated heterocycles. The van der Waals surface area contributed by atoms with Crippen molar-refractivity contribution in [3.63, 3.8) is 0 Å². The van der Waals surface area contributed by atoms with Crippen LogP contribution in [0.15, 0.2) is 22.6 Å². The summed E-state index contributed by atoms with van der Waals surface area (Å²) in [5.74, 6) is 1.87. The maximum atomic E-state index is 8.77. The van der Waals surface area contributed by atoms with Crippen molar-refractivity contribution in [3.8, 4) is 11.8 Å². The first-order chi connectivity index (χ1) is 8.78. The average Bonchev–Trinajstić information content (AvgIpc) is 2.77. The molecule has 1 aliphatic carbocycles. The van der Waals surface area contributed by atoms with Crippen LogP contribution in [0.3, 0.4) is 0 Å². The van der Waals surface area contributed by atoms with Crippen molar-refractivity contribution in [2.45, 2.75) is 38.7 Å². The molecule has 0 N–H and O–H groups in total. The van der Waals surface area contributed by atoms with Crippen LogP contribution >= 0.6 is 0 Å². The fourth-order valence-corrected chi connectivity index (χ4v) is 2.55. The average molecular weight is 241 g/mol. The van der Waals surface area contributed by atoms with Crippen molar-refractivity contribution < 1.29 is 9.15 Å². The number of furan rings is 1. The van der Waals surface area contributed by atoms with E-state index in [2.05, 4.69) is 6.07 Å². The molecule has 1 unspecified atom stereocenters. The summed E-state index contributed by atoms with van der Waals surface area (Å²) in [4.78, 5) is 0. The number of fused-ring (bicyclic) bond motifs is 3. The van der Waals surface area contributed by atoms with Gasteiger partial charge in [-0.2, -0.15) is 5.26 Å². The zero-order chi connectivity index (χ0) is 12.5. The lowest BCUT2D eigenvalue weighted by Crippen LogP contribution is -2.07. The number of ether oxygens (including phenoxy) is 1. The van der Waals surface area contributed by atoms with Gasteiger partial charge >= 0.3 is 0 Å². The fraction of sp³-hybridized carbons (Fsp3) is 0.400. The highest BCUT2D eigenvalue weighted by molar-refractivity contribution is 5.84. The van der Waals surface area contributed by atoms with Crippen molar-refractivity contribution in [3.05, 3.63) is 29.5 Å². The minimum absolute atomic E-state index is 0.426. The summed E-state index contributed by atoms with van der Waals surface area (Å²) < 4.78 is 11.4. The molecule has 3 heteroatoms. The summed E-state index contributed by atoms with van der Waals surface area (Å²) in [6.07, 6.45) is 4.13. The van der Waals surface area contributed by atoms with Crippen LogP contribution in [0, 0.1) is 11.3 Å². The molecule has 1 atom stereocenters. The molecule has 0 radical (unpaired) electrons. The molecule has 18 heavy (non-hydrogen) atoms. The number of hydrogen-bond donors (Lipinski definition) is 0. The summed E-state index contributed by atoms with van der Waals surface area (Å²) >= 11 is 0. The third-order valence-corrected chi connectivity index (χ3v) is 3.42. The van der Waals surface area contributed by atoms with Gasteiger partial charge in [-0.25, -0.2) is 0 Å². The third-order valence-electron chi connectivity index (χ3n) is 3.42. The van der Waals surface area contributed by atoms with E-state index in [0.29, 0.717) is 0 Å². The molecule has 0 amide bonds. The lowest BCUT2D eigenvalue weighted by Gasteiger charge is -2.09. The first-order valence-corrected chi connectivity index (χ1v) is 6.38. The Labute approximate surface area is 106 Å². The lowest BCUT2D eigenvalue weighted by atomic mass is 9.96. The minimum atomic E-state index is -0.426. The van der Waals surface area contributed by atoms with Crippen LogP contribution in [-0.2, 0) is 12.8 Å². The molecule has 0 aliphatic heterocycles. The number of nitrogens with zero attached hydrogens (tertiary/aromatic N) is 1. The van der Waals surface area contributed by atoms with E-state index in [1.807, 2.05) is 18.2 Å². The molecule has 1 aromatic carbocycles. The maximum absolute atomic E-state index is 8.77. The van der Waals surface area contributed by atoms with Gasteiger partial charge in [-0.15, -0.1) is 0 Å². The van der Waals surface area contributed by atoms with Crippen molar-refractivity contribution >= 4 is 11.0 Å². The van der Waals surface area contributed by atoms with E-state index in [-0.39, 0.29) is 0 Å². The van der Waals surface area contributed by atoms with Gasteiger partial charge in [-0.3, -0.25) is 0 Å². The molecule has 92 valence electrons. The second kappa shape index (κ2) is 4.38.